The van der Waals surface area contributed by atoms with Gasteiger partial charge in [0.2, 0.25) is 0 Å². The van der Waals surface area contributed by atoms with E-state index in [0.29, 0.717) is 19.8 Å². The fourth-order valence-corrected chi connectivity index (χ4v) is 1.04. The van der Waals surface area contributed by atoms with E-state index in [1.54, 1.807) is 0 Å². The number of hydrogen-bond donors (Lipinski definition) is 1. The highest BCUT2D eigenvalue weighted by atomic mass is 16.5. The highest BCUT2D eigenvalue weighted by molar-refractivity contribution is 4.80. The molecule has 0 aromatic carbocycles. The third kappa shape index (κ3) is 7.98. The Morgan fingerprint density at radius 2 is 1.71 bits per heavy atom. The van der Waals surface area contributed by atoms with Crippen molar-refractivity contribution in [3.05, 3.63) is 25.3 Å². The molecule has 0 aliphatic carbocycles. The second kappa shape index (κ2) is 10.4. The zero-order chi connectivity index (χ0) is 10.6. The third-order valence-corrected chi connectivity index (χ3v) is 1.68. The maximum atomic E-state index is 8.45. The van der Waals surface area contributed by atoms with Gasteiger partial charge in [0.25, 0.3) is 0 Å². The molecule has 0 fully saturated rings. The lowest BCUT2D eigenvalue weighted by atomic mass is 10.2. The Morgan fingerprint density at radius 1 is 1.07 bits per heavy atom. The first kappa shape index (κ1) is 13.4. The van der Waals surface area contributed by atoms with Crippen LogP contribution < -0.4 is 0 Å². The maximum Gasteiger partial charge on any atom is 0.0704 e. The Bertz CT molecular complexity index is 135. The lowest BCUT2D eigenvalue weighted by Gasteiger charge is -2.14. The molecule has 0 radical (unpaired) electrons. The molecule has 1 N–H and O–H groups in total. The Balaban J connectivity index is 3.39. The van der Waals surface area contributed by atoms with Gasteiger partial charge in [0.15, 0.2) is 0 Å². The largest absolute Gasteiger partial charge is 0.394 e. The zero-order valence-corrected chi connectivity index (χ0v) is 8.65. The maximum absolute atomic E-state index is 8.45. The molecular weight excluding hydrogens is 180 g/mol. The Labute approximate surface area is 86.0 Å². The van der Waals surface area contributed by atoms with Gasteiger partial charge in [0, 0.05) is 0 Å². The van der Waals surface area contributed by atoms with E-state index in [9.17, 15) is 0 Å². The van der Waals surface area contributed by atoms with Crippen molar-refractivity contribution in [2.24, 2.45) is 0 Å². The van der Waals surface area contributed by atoms with Crippen LogP contribution in [0.1, 0.15) is 12.8 Å². The summed E-state index contributed by atoms with van der Waals surface area (Å²) in [7, 11) is 0. The van der Waals surface area contributed by atoms with Crippen molar-refractivity contribution in [3.8, 4) is 0 Å². The molecule has 82 valence electrons. The van der Waals surface area contributed by atoms with Gasteiger partial charge in [-0.1, -0.05) is 12.2 Å². The SMILES string of the molecule is C=CCC(CC=C)OCCOCCO. The van der Waals surface area contributed by atoms with Crippen LogP contribution in [-0.2, 0) is 9.47 Å². The number of aliphatic hydroxyl groups excluding tert-OH is 1. The minimum absolute atomic E-state index is 0.0583. The molecule has 0 amide bonds. The standard InChI is InChI=1S/C11H20O3/c1-3-5-11(6-4-2)14-10-9-13-8-7-12/h3-4,11-12H,1-2,5-10H2. The lowest BCUT2D eigenvalue weighted by Crippen LogP contribution is -2.15. The van der Waals surface area contributed by atoms with Gasteiger partial charge in [-0.3, -0.25) is 0 Å². The third-order valence-electron chi connectivity index (χ3n) is 1.68. The fourth-order valence-electron chi connectivity index (χ4n) is 1.04. The number of ether oxygens (including phenoxy) is 2. The van der Waals surface area contributed by atoms with Crippen LogP contribution in [0.3, 0.4) is 0 Å². The number of aliphatic hydroxyl groups is 1. The van der Waals surface area contributed by atoms with Crippen molar-refractivity contribution >= 4 is 0 Å². The normalized spacial score (nSPS) is 10.4. The van der Waals surface area contributed by atoms with Crippen LogP contribution in [-0.4, -0.2) is 37.6 Å². The summed E-state index contributed by atoms with van der Waals surface area (Å²) in [6.07, 6.45) is 5.48. The van der Waals surface area contributed by atoms with E-state index in [2.05, 4.69) is 13.2 Å². The van der Waals surface area contributed by atoms with Crippen LogP contribution in [0.5, 0.6) is 0 Å². The summed E-state index contributed by atoms with van der Waals surface area (Å²) in [6, 6.07) is 0. The Morgan fingerprint density at radius 3 is 2.21 bits per heavy atom. The predicted molar refractivity (Wildman–Crippen MR) is 57.3 cm³/mol. The summed E-state index contributed by atoms with van der Waals surface area (Å²) in [5, 5.41) is 8.45. The molecule has 0 atom stereocenters. The van der Waals surface area contributed by atoms with E-state index >= 15 is 0 Å². The first-order chi connectivity index (χ1) is 6.85. The number of rotatable bonds is 10. The minimum Gasteiger partial charge on any atom is -0.394 e. The van der Waals surface area contributed by atoms with Crippen molar-refractivity contribution < 1.29 is 14.6 Å². The van der Waals surface area contributed by atoms with E-state index < -0.39 is 0 Å². The molecule has 0 rings (SSSR count). The molecule has 0 aromatic rings. The molecule has 0 aromatic heterocycles. The second-order valence-corrected chi connectivity index (χ2v) is 2.88. The van der Waals surface area contributed by atoms with E-state index in [4.69, 9.17) is 14.6 Å². The van der Waals surface area contributed by atoms with Gasteiger partial charge in [-0.05, 0) is 12.8 Å². The molecule has 0 heterocycles. The van der Waals surface area contributed by atoms with Crippen LogP contribution in [0.2, 0.25) is 0 Å². The molecule has 3 heteroatoms. The predicted octanol–water partition coefficient (Wildman–Crippen LogP) is 1.53. The summed E-state index contributed by atoms with van der Waals surface area (Å²) in [4.78, 5) is 0. The monoisotopic (exact) mass is 200 g/mol. The van der Waals surface area contributed by atoms with Crippen molar-refractivity contribution in [1.29, 1.82) is 0 Å². The zero-order valence-electron chi connectivity index (χ0n) is 8.65. The molecule has 0 saturated heterocycles. The molecule has 14 heavy (non-hydrogen) atoms. The molecule has 0 saturated carbocycles. The highest BCUT2D eigenvalue weighted by Crippen LogP contribution is 2.04. The van der Waals surface area contributed by atoms with Crippen molar-refractivity contribution in [2.75, 3.05) is 26.4 Å². The van der Waals surface area contributed by atoms with Crippen LogP contribution in [0.15, 0.2) is 25.3 Å². The lowest BCUT2D eigenvalue weighted by molar-refractivity contribution is -0.0000490. The Kier molecular flexibility index (Phi) is 9.96. The van der Waals surface area contributed by atoms with Gasteiger partial charge in [-0.2, -0.15) is 0 Å². The second-order valence-electron chi connectivity index (χ2n) is 2.88. The van der Waals surface area contributed by atoms with E-state index in [1.165, 1.54) is 0 Å². The summed E-state index contributed by atoms with van der Waals surface area (Å²) in [5.74, 6) is 0. The van der Waals surface area contributed by atoms with Crippen molar-refractivity contribution in [1.82, 2.24) is 0 Å². The molecule has 3 nitrogen and oxygen atoms in total. The minimum atomic E-state index is 0.0583. The summed E-state index contributed by atoms with van der Waals surface area (Å²) >= 11 is 0. The van der Waals surface area contributed by atoms with Crippen LogP contribution >= 0.6 is 0 Å². The smallest absolute Gasteiger partial charge is 0.0704 e. The first-order valence-electron chi connectivity index (χ1n) is 4.87. The van der Waals surface area contributed by atoms with Crippen molar-refractivity contribution in [2.45, 2.75) is 18.9 Å². The van der Waals surface area contributed by atoms with Gasteiger partial charge in [-0.15, -0.1) is 13.2 Å². The van der Waals surface area contributed by atoms with Gasteiger partial charge < -0.3 is 14.6 Å². The van der Waals surface area contributed by atoms with Gasteiger partial charge in [0.05, 0.1) is 32.5 Å². The molecule has 0 unspecified atom stereocenters. The van der Waals surface area contributed by atoms with E-state index in [1.807, 2.05) is 12.2 Å². The summed E-state index contributed by atoms with van der Waals surface area (Å²) in [5.41, 5.74) is 0. The summed E-state index contributed by atoms with van der Waals surface area (Å²) in [6.45, 7) is 8.82. The van der Waals surface area contributed by atoms with Gasteiger partial charge in [0.1, 0.15) is 0 Å². The quantitative estimate of drug-likeness (QED) is 0.429. The fraction of sp³-hybridized carbons (Fsp3) is 0.636. The molecule has 0 bridgehead atoms. The highest BCUT2D eigenvalue weighted by Gasteiger charge is 2.03. The molecule has 0 spiro atoms. The van der Waals surface area contributed by atoms with Crippen LogP contribution in [0.25, 0.3) is 0 Å². The molecule has 0 aliphatic rings. The first-order valence-corrected chi connectivity index (χ1v) is 4.87. The van der Waals surface area contributed by atoms with Gasteiger partial charge >= 0.3 is 0 Å². The summed E-state index contributed by atoms with van der Waals surface area (Å²) < 4.78 is 10.6. The average Bonchev–Trinajstić information content (AvgIpc) is 2.18. The van der Waals surface area contributed by atoms with E-state index in [-0.39, 0.29) is 12.7 Å². The molecular formula is C11H20O3. The van der Waals surface area contributed by atoms with E-state index in [0.717, 1.165) is 12.8 Å². The van der Waals surface area contributed by atoms with Crippen LogP contribution in [0.4, 0.5) is 0 Å². The van der Waals surface area contributed by atoms with Crippen LogP contribution in [0, 0.1) is 0 Å². The topological polar surface area (TPSA) is 38.7 Å². The average molecular weight is 200 g/mol. The molecule has 0 aliphatic heterocycles. The Hall–Kier alpha value is -0.640. The van der Waals surface area contributed by atoms with Crippen molar-refractivity contribution in [3.63, 3.8) is 0 Å². The number of hydrogen-bond acceptors (Lipinski definition) is 3. The van der Waals surface area contributed by atoms with Gasteiger partial charge in [-0.25, -0.2) is 0 Å².